The number of hydrogen-bond donors (Lipinski definition) is 0. The average Bonchev–Trinajstić information content (AvgIpc) is 2.30. The Kier molecular flexibility index (Phi) is 13.4. The third-order valence-corrected chi connectivity index (χ3v) is 4.32. The van der Waals surface area contributed by atoms with Gasteiger partial charge in [0, 0.05) is 0 Å². The molecule has 3 heteroatoms. The predicted octanol–water partition coefficient (Wildman–Crippen LogP) is 5.44. The standard InChI is InChI=1S/C14H14NS.3CH3.Ti/c1-11-7-6-8-12(2)14(11)16(15)13-9-4-3-5-10-13;;;;/h3-10H,1-2H3;3*1H3;/q4*-1;+4. The van der Waals surface area contributed by atoms with E-state index >= 15 is 0 Å². The van der Waals surface area contributed by atoms with Crippen molar-refractivity contribution >= 4 is 10.7 Å². The van der Waals surface area contributed by atoms with Crippen molar-refractivity contribution in [1.29, 1.82) is 0 Å². The molecule has 1 unspecified atom stereocenters. The molecule has 0 bridgehead atoms. The van der Waals surface area contributed by atoms with Gasteiger partial charge in [-0.25, -0.2) is 0 Å². The number of benzene rings is 2. The minimum atomic E-state index is -0.820. The Balaban J connectivity index is -0.000000722. The summed E-state index contributed by atoms with van der Waals surface area (Å²) in [5, 5.41) is 0. The van der Waals surface area contributed by atoms with Crippen LogP contribution in [-0.2, 0) is 32.4 Å². The normalized spacial score (nSPS) is 9.90. The van der Waals surface area contributed by atoms with Crippen molar-refractivity contribution in [3.8, 4) is 0 Å². The molecule has 0 heterocycles. The van der Waals surface area contributed by atoms with Crippen LogP contribution in [0.5, 0.6) is 0 Å². The summed E-state index contributed by atoms with van der Waals surface area (Å²) in [6.07, 6.45) is 0. The van der Waals surface area contributed by atoms with Crippen LogP contribution in [0.15, 0.2) is 58.3 Å². The fraction of sp³-hybridized carbons (Fsp3) is 0.118. The second kappa shape index (κ2) is 11.0. The van der Waals surface area contributed by atoms with Gasteiger partial charge in [0.25, 0.3) is 0 Å². The number of hydrogen-bond acceptors (Lipinski definition) is 0. The molecule has 0 radical (unpaired) electrons. The van der Waals surface area contributed by atoms with Crippen LogP contribution in [0.2, 0.25) is 0 Å². The number of nitrogens with zero attached hydrogens (tertiary/aromatic N) is 1. The van der Waals surface area contributed by atoms with E-state index in [4.69, 9.17) is 0 Å². The van der Waals surface area contributed by atoms with Gasteiger partial charge in [-0.05, 0) is 34.8 Å². The van der Waals surface area contributed by atoms with Crippen molar-refractivity contribution in [2.24, 2.45) is 0 Å². The minimum Gasteiger partial charge on any atom is -0.772 e. The summed E-state index contributed by atoms with van der Waals surface area (Å²) in [6.45, 7) is 4.09. The third kappa shape index (κ3) is 5.36. The molecule has 0 amide bonds. The van der Waals surface area contributed by atoms with E-state index in [0.717, 1.165) is 20.9 Å². The summed E-state index contributed by atoms with van der Waals surface area (Å²) < 4.78 is 10.4. The molecule has 1 atom stereocenters. The molecule has 0 aliphatic carbocycles. The Morgan fingerprint density at radius 3 is 1.65 bits per heavy atom. The first-order chi connectivity index (χ1) is 7.70. The van der Waals surface area contributed by atoms with Crippen LogP contribution < -0.4 is 0 Å². The molecule has 0 aromatic heterocycles. The van der Waals surface area contributed by atoms with Gasteiger partial charge in [0.05, 0.1) is 0 Å². The average molecular weight is 321 g/mol. The molecule has 0 saturated heterocycles. The van der Waals surface area contributed by atoms with Crippen LogP contribution in [-0.4, -0.2) is 0 Å². The molecular formula is C17H23NSTi. The van der Waals surface area contributed by atoms with Crippen molar-refractivity contribution in [1.82, 2.24) is 0 Å². The first-order valence-electron chi connectivity index (χ1n) is 5.25. The predicted molar refractivity (Wildman–Crippen MR) is 88.9 cm³/mol. The summed E-state index contributed by atoms with van der Waals surface area (Å²) in [7, 11) is -0.820. The van der Waals surface area contributed by atoms with E-state index in [2.05, 4.69) is 0 Å². The summed E-state index contributed by atoms with van der Waals surface area (Å²) in [6, 6.07) is 15.9. The van der Waals surface area contributed by atoms with Crippen molar-refractivity contribution < 1.29 is 21.7 Å². The van der Waals surface area contributed by atoms with Crippen molar-refractivity contribution in [3.63, 3.8) is 0 Å². The molecule has 1 nitrogen and oxygen atoms in total. The summed E-state index contributed by atoms with van der Waals surface area (Å²) in [4.78, 5) is 2.02. The van der Waals surface area contributed by atoms with Crippen LogP contribution in [0.3, 0.4) is 0 Å². The molecule has 20 heavy (non-hydrogen) atoms. The van der Waals surface area contributed by atoms with Crippen LogP contribution in [0.1, 0.15) is 11.1 Å². The van der Waals surface area contributed by atoms with Gasteiger partial charge in [0.2, 0.25) is 0 Å². The Morgan fingerprint density at radius 2 is 1.20 bits per heavy atom. The van der Waals surface area contributed by atoms with Gasteiger partial charge in [-0.2, -0.15) is 0 Å². The van der Waals surface area contributed by atoms with E-state index in [-0.39, 0.29) is 44.0 Å². The molecule has 0 N–H and O–H groups in total. The van der Waals surface area contributed by atoms with E-state index in [9.17, 15) is 4.78 Å². The molecule has 2 rings (SSSR count). The molecule has 0 aliphatic heterocycles. The SMILES string of the molecule is Cc1cccc(C)c1S(=[N-])c1ccccc1.[CH3-].[CH3-].[CH3-].[Ti+4]. The minimum absolute atomic E-state index is 0. The van der Waals surface area contributed by atoms with Gasteiger partial charge in [0.15, 0.2) is 0 Å². The van der Waals surface area contributed by atoms with Crippen molar-refractivity contribution in [2.75, 3.05) is 0 Å². The van der Waals surface area contributed by atoms with Crippen molar-refractivity contribution in [2.45, 2.75) is 23.6 Å². The van der Waals surface area contributed by atoms with Gasteiger partial charge in [-0.1, -0.05) is 48.5 Å². The Bertz CT molecular complexity index is 504. The Labute approximate surface area is 142 Å². The molecule has 0 aliphatic rings. The molecule has 0 saturated carbocycles. The summed E-state index contributed by atoms with van der Waals surface area (Å²) in [5.74, 6) is 0. The Hall–Kier alpha value is -0.696. The van der Waals surface area contributed by atoms with E-state index in [1.165, 1.54) is 0 Å². The van der Waals surface area contributed by atoms with Crippen LogP contribution in [0.25, 0.3) is 4.78 Å². The molecular weight excluding hydrogens is 298 g/mol. The van der Waals surface area contributed by atoms with Gasteiger partial charge in [-0.3, -0.25) is 10.7 Å². The fourth-order valence-electron chi connectivity index (χ4n) is 1.77. The number of rotatable bonds is 2. The zero-order chi connectivity index (χ0) is 11.5. The van der Waals surface area contributed by atoms with Crippen LogP contribution in [0, 0.1) is 36.1 Å². The van der Waals surface area contributed by atoms with E-state index in [1.54, 1.807) is 0 Å². The maximum absolute atomic E-state index is 10.4. The zero-order valence-corrected chi connectivity index (χ0v) is 15.4. The van der Waals surface area contributed by atoms with E-state index < -0.39 is 10.7 Å². The zero-order valence-electron chi connectivity index (χ0n) is 13.0. The first kappa shape index (κ1) is 24.3. The third-order valence-electron chi connectivity index (χ3n) is 2.57. The second-order valence-electron chi connectivity index (χ2n) is 3.82. The monoisotopic (exact) mass is 321 g/mol. The van der Waals surface area contributed by atoms with E-state index in [0.29, 0.717) is 0 Å². The largest absolute Gasteiger partial charge is 4.00 e. The van der Waals surface area contributed by atoms with Crippen molar-refractivity contribution in [3.05, 3.63) is 86.7 Å². The summed E-state index contributed by atoms with van der Waals surface area (Å²) in [5.41, 5.74) is 2.30. The van der Waals surface area contributed by atoms with Gasteiger partial charge in [-0.15, -0.1) is 0 Å². The Morgan fingerprint density at radius 1 is 0.750 bits per heavy atom. The van der Waals surface area contributed by atoms with Gasteiger partial charge >= 0.3 is 21.7 Å². The van der Waals surface area contributed by atoms with E-state index in [1.807, 2.05) is 62.4 Å². The fourth-order valence-corrected chi connectivity index (χ4v) is 3.17. The molecule has 0 spiro atoms. The molecule has 0 fully saturated rings. The maximum atomic E-state index is 10.4. The first-order valence-corrected chi connectivity index (χ1v) is 6.43. The van der Waals surface area contributed by atoms with Gasteiger partial charge in [0.1, 0.15) is 0 Å². The second-order valence-corrected chi connectivity index (χ2v) is 5.27. The topological polar surface area (TPSA) is 22.3 Å². The molecule has 2 aromatic rings. The quantitative estimate of drug-likeness (QED) is 0.519. The van der Waals surface area contributed by atoms with Crippen LogP contribution >= 0.6 is 0 Å². The van der Waals surface area contributed by atoms with Crippen LogP contribution in [0.4, 0.5) is 0 Å². The van der Waals surface area contributed by atoms with Gasteiger partial charge < -0.3 is 27.1 Å². The molecule has 2 aromatic carbocycles. The smallest absolute Gasteiger partial charge is 0.772 e. The maximum Gasteiger partial charge on any atom is 4.00 e. The molecule has 106 valence electrons. The summed E-state index contributed by atoms with van der Waals surface area (Å²) >= 11 is 0. The number of aryl methyl sites for hydroxylation is 2.